The molecular weight excluding hydrogens is 514 g/mol. The lowest BCUT2D eigenvalue weighted by Gasteiger charge is -2.29. The number of rotatable bonds is 6. The van der Waals surface area contributed by atoms with Gasteiger partial charge in [-0.05, 0) is 68.9 Å². The number of thiazole rings is 1. The van der Waals surface area contributed by atoms with Crippen molar-refractivity contribution in [3.63, 3.8) is 0 Å². The first-order chi connectivity index (χ1) is 16.2. The molecule has 34 heavy (non-hydrogen) atoms. The summed E-state index contributed by atoms with van der Waals surface area (Å²) in [5.74, 6) is -0.243. The van der Waals surface area contributed by atoms with Crippen LogP contribution in [0.4, 0.5) is 5.13 Å². The van der Waals surface area contributed by atoms with Crippen LogP contribution in [0.25, 0.3) is 10.2 Å². The second-order valence-electron chi connectivity index (χ2n) is 8.84. The maximum atomic E-state index is 14.0. The van der Waals surface area contributed by atoms with Gasteiger partial charge in [-0.15, -0.1) is 11.3 Å². The molecule has 11 heteroatoms. The van der Waals surface area contributed by atoms with E-state index in [2.05, 4.69) is 12.1 Å². The number of nitrogens with zero attached hydrogens (tertiary/aromatic N) is 3. The van der Waals surface area contributed by atoms with E-state index in [1.165, 1.54) is 21.7 Å². The topological polar surface area (TPSA) is 79.8 Å². The van der Waals surface area contributed by atoms with Gasteiger partial charge in [0.2, 0.25) is 5.91 Å². The highest BCUT2D eigenvalue weighted by Crippen LogP contribution is 2.36. The lowest BCUT2D eigenvalue weighted by molar-refractivity contribution is -0.122. The number of anilines is 1. The van der Waals surface area contributed by atoms with E-state index in [4.69, 9.17) is 21.3 Å². The Balaban J connectivity index is 1.51. The molecule has 2 aromatic heterocycles. The van der Waals surface area contributed by atoms with Crippen molar-refractivity contribution in [3.8, 4) is 0 Å². The summed E-state index contributed by atoms with van der Waals surface area (Å²) in [6.07, 6.45) is 2.84. The van der Waals surface area contributed by atoms with Crippen molar-refractivity contribution < 1.29 is 17.9 Å². The quantitative estimate of drug-likeness (QED) is 0.440. The number of halogens is 1. The smallest absolute Gasteiger partial charge is 0.253 e. The van der Waals surface area contributed by atoms with E-state index in [1.54, 1.807) is 11.0 Å². The fraction of sp³-hybridized carbons (Fsp3) is 0.478. The lowest BCUT2D eigenvalue weighted by Crippen LogP contribution is -2.49. The van der Waals surface area contributed by atoms with Crippen molar-refractivity contribution in [2.75, 3.05) is 24.6 Å². The average Bonchev–Trinajstić information content (AvgIpc) is 3.57. The number of hydrogen-bond acceptors (Lipinski definition) is 7. The fourth-order valence-corrected chi connectivity index (χ4v) is 9.15. The van der Waals surface area contributed by atoms with E-state index >= 15 is 0 Å². The molecule has 0 radical (unpaired) electrons. The first-order valence-corrected chi connectivity index (χ1v) is 14.8. The summed E-state index contributed by atoms with van der Waals surface area (Å²) in [4.78, 5) is 20.4. The van der Waals surface area contributed by atoms with Crippen LogP contribution in [0.5, 0.6) is 0 Å². The average molecular weight is 540 g/mol. The molecule has 0 aliphatic carbocycles. The minimum Gasteiger partial charge on any atom is -0.376 e. The van der Waals surface area contributed by atoms with Gasteiger partial charge in [-0.3, -0.25) is 9.69 Å². The molecule has 2 atom stereocenters. The van der Waals surface area contributed by atoms with Gasteiger partial charge in [-0.1, -0.05) is 29.0 Å². The highest BCUT2D eigenvalue weighted by Gasteiger charge is 2.43. The number of amides is 1. The van der Waals surface area contributed by atoms with Gasteiger partial charge >= 0.3 is 0 Å². The van der Waals surface area contributed by atoms with Crippen molar-refractivity contribution in [2.45, 2.75) is 55.9 Å². The Labute approximate surface area is 212 Å². The van der Waals surface area contributed by atoms with E-state index in [1.807, 2.05) is 13.8 Å². The largest absolute Gasteiger partial charge is 0.376 e. The monoisotopic (exact) mass is 539 g/mol. The van der Waals surface area contributed by atoms with Crippen LogP contribution in [0, 0.1) is 13.8 Å². The summed E-state index contributed by atoms with van der Waals surface area (Å²) in [6, 6.07) is 6.45. The molecule has 3 aromatic rings. The Morgan fingerprint density at radius 1 is 1.24 bits per heavy atom. The normalized spacial score (nSPS) is 21.5. The zero-order chi connectivity index (χ0) is 24.0. The minimum absolute atomic E-state index is 0.0821. The second kappa shape index (κ2) is 9.48. The van der Waals surface area contributed by atoms with Crippen molar-refractivity contribution in [2.24, 2.45) is 0 Å². The zero-order valence-electron chi connectivity index (χ0n) is 19.0. The van der Waals surface area contributed by atoms with Gasteiger partial charge in [0, 0.05) is 13.2 Å². The van der Waals surface area contributed by atoms with Crippen molar-refractivity contribution >= 4 is 65.6 Å². The zero-order valence-corrected chi connectivity index (χ0v) is 22.2. The molecule has 4 heterocycles. The number of hydrogen-bond donors (Lipinski definition) is 0. The van der Waals surface area contributed by atoms with Gasteiger partial charge in [-0.2, -0.15) is 4.31 Å². The van der Waals surface area contributed by atoms with Crippen molar-refractivity contribution in [1.29, 1.82) is 0 Å². The minimum atomic E-state index is -3.82. The summed E-state index contributed by atoms with van der Waals surface area (Å²) < 4.78 is 35.5. The molecule has 182 valence electrons. The molecule has 1 amide bonds. The van der Waals surface area contributed by atoms with E-state index in [-0.39, 0.29) is 16.2 Å². The van der Waals surface area contributed by atoms with Crippen molar-refractivity contribution in [3.05, 3.63) is 39.7 Å². The van der Waals surface area contributed by atoms with Crippen LogP contribution in [0.2, 0.25) is 4.34 Å². The molecule has 2 aliphatic rings. The highest BCUT2D eigenvalue weighted by molar-refractivity contribution is 7.91. The summed E-state index contributed by atoms with van der Waals surface area (Å²) >= 11 is 8.48. The first-order valence-electron chi connectivity index (χ1n) is 11.3. The van der Waals surface area contributed by atoms with Crippen LogP contribution in [0.3, 0.4) is 0 Å². The van der Waals surface area contributed by atoms with E-state index in [0.717, 1.165) is 45.5 Å². The molecule has 1 aromatic carbocycles. The Morgan fingerprint density at radius 2 is 2.06 bits per heavy atom. The number of fused-ring (bicyclic) bond motifs is 1. The SMILES string of the molecule is Cc1cc(C)c2nc(N(CC3CCCO3)C(=O)C3CCCN3S(=O)(=O)c3ccc(Cl)s3)sc2c1. The summed E-state index contributed by atoms with van der Waals surface area (Å²) in [5, 5.41) is 0.590. The van der Waals surface area contributed by atoms with E-state index in [0.29, 0.717) is 42.0 Å². The second-order valence-corrected chi connectivity index (χ2v) is 13.7. The molecular formula is C23H26ClN3O4S3. The molecule has 0 N–H and O–H groups in total. The number of aryl methyl sites for hydroxylation is 2. The maximum absolute atomic E-state index is 14.0. The van der Waals surface area contributed by atoms with Gasteiger partial charge < -0.3 is 4.74 Å². The molecule has 5 rings (SSSR count). The number of ether oxygens (including phenoxy) is 1. The van der Waals surface area contributed by atoms with Gasteiger partial charge in [0.15, 0.2) is 5.13 Å². The fourth-order valence-electron chi connectivity index (χ4n) is 4.74. The standard InChI is InChI=1S/C23H26ClN3O4S3/c1-14-11-15(2)21-18(12-14)32-23(25-21)26(13-16-5-4-10-31-16)22(28)17-6-3-9-27(17)34(29,30)20-8-7-19(24)33-20/h7-8,11-12,16-17H,3-6,9-10,13H2,1-2H3. The van der Waals surface area contributed by atoms with E-state index < -0.39 is 16.1 Å². The summed E-state index contributed by atoms with van der Waals surface area (Å²) in [5.41, 5.74) is 3.07. The number of carbonyl (C=O) groups is 1. The van der Waals surface area contributed by atoms with Crippen LogP contribution >= 0.6 is 34.3 Å². The Kier molecular flexibility index (Phi) is 6.73. The molecule has 2 aliphatic heterocycles. The number of sulfonamides is 1. The number of benzene rings is 1. The van der Waals surface area contributed by atoms with Crippen LogP contribution in [-0.2, 0) is 19.6 Å². The predicted octanol–water partition coefficient (Wildman–Crippen LogP) is 4.99. The van der Waals surface area contributed by atoms with Crippen LogP contribution < -0.4 is 4.90 Å². The third-order valence-corrected chi connectivity index (χ3v) is 11.0. The predicted molar refractivity (Wildman–Crippen MR) is 137 cm³/mol. The van der Waals surface area contributed by atoms with Gasteiger partial charge in [-0.25, -0.2) is 13.4 Å². The van der Waals surface area contributed by atoms with Gasteiger partial charge in [0.25, 0.3) is 10.0 Å². The third kappa shape index (κ3) is 4.52. The third-order valence-electron chi connectivity index (χ3n) is 6.33. The van der Waals surface area contributed by atoms with Gasteiger partial charge in [0.1, 0.15) is 10.3 Å². The van der Waals surface area contributed by atoms with Crippen LogP contribution in [0.15, 0.2) is 28.5 Å². The lowest BCUT2D eigenvalue weighted by atomic mass is 10.1. The molecule has 0 bridgehead atoms. The summed E-state index contributed by atoms with van der Waals surface area (Å²) in [7, 11) is -3.82. The molecule has 2 unspecified atom stereocenters. The number of carbonyl (C=O) groups excluding carboxylic acids is 1. The highest BCUT2D eigenvalue weighted by atomic mass is 35.5. The Morgan fingerprint density at radius 3 is 2.76 bits per heavy atom. The number of thiophene rings is 1. The van der Waals surface area contributed by atoms with Gasteiger partial charge in [0.05, 0.1) is 27.2 Å². The summed E-state index contributed by atoms with van der Waals surface area (Å²) in [6.45, 7) is 5.40. The van der Waals surface area contributed by atoms with Crippen LogP contribution in [0.1, 0.15) is 36.8 Å². The molecule has 0 spiro atoms. The van der Waals surface area contributed by atoms with E-state index in [9.17, 15) is 13.2 Å². The molecule has 2 fully saturated rings. The maximum Gasteiger partial charge on any atom is 0.253 e. The Bertz CT molecular complexity index is 1330. The molecule has 0 saturated carbocycles. The first kappa shape index (κ1) is 24.1. The Hall–Kier alpha value is -1.56. The number of aromatic nitrogens is 1. The molecule has 7 nitrogen and oxygen atoms in total. The van der Waals surface area contributed by atoms with Crippen LogP contribution in [-0.4, -0.2) is 55.5 Å². The molecule has 2 saturated heterocycles. The van der Waals surface area contributed by atoms with Crippen molar-refractivity contribution in [1.82, 2.24) is 9.29 Å².